The summed E-state index contributed by atoms with van der Waals surface area (Å²) in [5, 5.41) is 12.8. The van der Waals surface area contributed by atoms with Crippen LogP contribution < -0.4 is 5.09 Å². The van der Waals surface area contributed by atoms with E-state index in [1.54, 1.807) is 30.3 Å². The molecule has 3 rings (SSSR count). The van der Waals surface area contributed by atoms with Crippen LogP contribution in [0.5, 0.6) is 0 Å². The molecule has 6 nitrogen and oxygen atoms in total. The number of rotatable bonds is 7. The molecule has 0 aliphatic heterocycles. The first-order chi connectivity index (χ1) is 11.9. The largest absolute Gasteiger partial charge is 0.480 e. The topological polar surface area (TPSA) is 102 Å². The smallest absolute Gasteiger partial charge is 0.325 e. The van der Waals surface area contributed by atoms with Crippen LogP contribution in [0, 0.1) is 0 Å². The minimum atomic E-state index is -3.83. The number of hydrogen-bond acceptors (Lipinski definition) is 2. The zero-order chi connectivity index (χ0) is 17.9. The number of aliphatic carboxylic acids is 1. The van der Waals surface area contributed by atoms with Crippen molar-refractivity contribution in [3.63, 3.8) is 0 Å². The summed E-state index contributed by atoms with van der Waals surface area (Å²) >= 11 is 0. The maximum Gasteiger partial charge on any atom is 0.325 e. The number of H-pyrrole nitrogens is 1. The molecule has 0 saturated carbocycles. The Bertz CT molecular complexity index is 890. The number of benzene rings is 2. The van der Waals surface area contributed by atoms with E-state index in [0.717, 1.165) is 16.6 Å². The highest BCUT2D eigenvalue weighted by molar-refractivity contribution is 7.55. The number of aromatic amines is 1. The minimum absolute atomic E-state index is 0.0591. The molecule has 0 radical (unpaired) electrons. The van der Waals surface area contributed by atoms with Crippen molar-refractivity contribution in [2.45, 2.75) is 12.5 Å². The van der Waals surface area contributed by atoms with Crippen LogP contribution in [0.1, 0.15) is 17.3 Å². The van der Waals surface area contributed by atoms with Gasteiger partial charge in [0.05, 0.1) is 0 Å². The Balaban J connectivity index is 1.70. The van der Waals surface area contributed by atoms with Gasteiger partial charge in [0.15, 0.2) is 0 Å². The number of carbonyl (C=O) groups is 1. The number of aromatic nitrogens is 1. The lowest BCUT2D eigenvalue weighted by molar-refractivity contribution is -0.139. The van der Waals surface area contributed by atoms with Gasteiger partial charge in [-0.25, -0.2) is 5.09 Å². The maximum absolute atomic E-state index is 12.5. The monoisotopic (exact) mass is 358 g/mol. The fourth-order valence-electron chi connectivity index (χ4n) is 2.72. The van der Waals surface area contributed by atoms with Crippen LogP contribution in [-0.2, 0) is 15.8 Å². The van der Waals surface area contributed by atoms with Crippen molar-refractivity contribution in [1.82, 2.24) is 10.1 Å². The molecule has 0 fully saturated rings. The summed E-state index contributed by atoms with van der Waals surface area (Å²) in [5.41, 5.74) is 2.24. The molecule has 130 valence electrons. The molecule has 1 aromatic heterocycles. The van der Waals surface area contributed by atoms with Crippen LogP contribution in [0.3, 0.4) is 0 Å². The van der Waals surface area contributed by atoms with Crippen molar-refractivity contribution in [3.8, 4) is 0 Å². The SMILES string of the molecule is O=C(O)C(NP(=O)(O)CCc1cc2ccccc2[nH]1)c1ccccc1. The average molecular weight is 358 g/mol. The molecule has 0 aliphatic carbocycles. The van der Waals surface area contributed by atoms with Crippen LogP contribution in [-0.4, -0.2) is 27.1 Å². The summed E-state index contributed by atoms with van der Waals surface area (Å²) in [6.45, 7) is 0. The third-order valence-electron chi connectivity index (χ3n) is 3.98. The number of hydrogen-bond donors (Lipinski definition) is 4. The van der Waals surface area contributed by atoms with Gasteiger partial charge in [0, 0.05) is 17.4 Å². The van der Waals surface area contributed by atoms with Gasteiger partial charge in [-0.15, -0.1) is 0 Å². The number of carboxylic acid groups (broad SMARTS) is 1. The molecule has 0 amide bonds. The van der Waals surface area contributed by atoms with Crippen molar-refractivity contribution in [2.75, 3.05) is 6.16 Å². The predicted octanol–water partition coefficient (Wildman–Crippen LogP) is 3.31. The lowest BCUT2D eigenvalue weighted by Gasteiger charge is -2.19. The molecule has 0 spiro atoms. The second kappa shape index (κ2) is 7.23. The molecule has 0 aliphatic rings. The lowest BCUT2D eigenvalue weighted by atomic mass is 10.1. The number of fused-ring (bicyclic) bond motifs is 1. The van der Waals surface area contributed by atoms with Gasteiger partial charge in [-0.1, -0.05) is 48.5 Å². The first kappa shape index (κ1) is 17.4. The predicted molar refractivity (Wildman–Crippen MR) is 96.6 cm³/mol. The highest BCUT2D eigenvalue weighted by Crippen LogP contribution is 2.39. The molecule has 2 unspecified atom stereocenters. The van der Waals surface area contributed by atoms with Gasteiger partial charge in [-0.05, 0) is 29.5 Å². The number of aryl methyl sites for hydroxylation is 1. The van der Waals surface area contributed by atoms with Gasteiger partial charge >= 0.3 is 5.97 Å². The van der Waals surface area contributed by atoms with Gasteiger partial charge < -0.3 is 15.0 Å². The Morgan fingerprint density at radius 1 is 1.12 bits per heavy atom. The quantitative estimate of drug-likeness (QED) is 0.485. The van der Waals surface area contributed by atoms with Crippen LogP contribution in [0.4, 0.5) is 0 Å². The van der Waals surface area contributed by atoms with E-state index in [-0.39, 0.29) is 6.16 Å². The molecule has 3 aromatic rings. The summed E-state index contributed by atoms with van der Waals surface area (Å²) in [6, 6.07) is 16.8. The Morgan fingerprint density at radius 2 is 1.80 bits per heavy atom. The molecular formula is C18H19N2O4P. The Labute approximate surface area is 145 Å². The first-order valence-electron chi connectivity index (χ1n) is 7.89. The second-order valence-corrected chi connectivity index (χ2v) is 7.98. The number of carboxylic acids is 1. The third-order valence-corrected chi connectivity index (χ3v) is 5.47. The zero-order valence-electron chi connectivity index (χ0n) is 13.4. The van der Waals surface area contributed by atoms with E-state index in [9.17, 15) is 19.4 Å². The molecule has 7 heteroatoms. The maximum atomic E-state index is 12.5. The highest BCUT2D eigenvalue weighted by Gasteiger charge is 2.28. The van der Waals surface area contributed by atoms with E-state index in [1.165, 1.54) is 0 Å². The van der Waals surface area contributed by atoms with E-state index in [1.807, 2.05) is 30.3 Å². The second-order valence-electron chi connectivity index (χ2n) is 5.87. The first-order valence-corrected chi connectivity index (χ1v) is 9.73. The van der Waals surface area contributed by atoms with Crippen LogP contribution in [0.2, 0.25) is 0 Å². The van der Waals surface area contributed by atoms with Gasteiger partial charge in [-0.3, -0.25) is 9.36 Å². The normalized spacial score (nSPS) is 14.9. The third kappa shape index (κ3) is 4.37. The minimum Gasteiger partial charge on any atom is -0.480 e. The number of para-hydroxylation sites is 1. The van der Waals surface area contributed by atoms with Crippen LogP contribution in [0.15, 0.2) is 60.7 Å². The standard InChI is InChI=1S/C18H19N2O4P/c21-18(22)17(13-6-2-1-3-7-13)20-25(23,24)11-10-15-12-14-8-4-5-9-16(14)19-15/h1-9,12,17,19H,10-11H2,(H,21,22)(H2,20,23,24). The van der Waals surface area contributed by atoms with Crippen molar-refractivity contribution < 1.29 is 19.4 Å². The fraction of sp³-hybridized carbons (Fsp3) is 0.167. The van der Waals surface area contributed by atoms with Gasteiger partial charge in [-0.2, -0.15) is 0 Å². The van der Waals surface area contributed by atoms with Gasteiger partial charge in [0.25, 0.3) is 7.52 Å². The summed E-state index contributed by atoms with van der Waals surface area (Å²) in [7, 11) is -3.83. The van der Waals surface area contributed by atoms with Crippen molar-refractivity contribution >= 4 is 24.4 Å². The molecule has 25 heavy (non-hydrogen) atoms. The summed E-state index contributed by atoms with van der Waals surface area (Å²) in [6.07, 6.45) is 0.285. The Hall–Kier alpha value is -2.40. The van der Waals surface area contributed by atoms with Crippen molar-refractivity contribution in [3.05, 3.63) is 71.9 Å². The molecule has 0 saturated heterocycles. The van der Waals surface area contributed by atoms with E-state index in [0.29, 0.717) is 12.0 Å². The number of nitrogens with one attached hydrogen (secondary N) is 2. The summed E-state index contributed by atoms with van der Waals surface area (Å²) in [4.78, 5) is 24.9. The Kier molecular flexibility index (Phi) is 5.04. The highest BCUT2D eigenvalue weighted by atomic mass is 31.2. The molecule has 2 atom stereocenters. The van der Waals surface area contributed by atoms with E-state index in [4.69, 9.17) is 0 Å². The zero-order valence-corrected chi connectivity index (χ0v) is 14.3. The molecule has 2 aromatic carbocycles. The lowest BCUT2D eigenvalue weighted by Crippen LogP contribution is -2.27. The Morgan fingerprint density at radius 3 is 2.48 bits per heavy atom. The molecular weight excluding hydrogens is 339 g/mol. The molecule has 4 N–H and O–H groups in total. The van der Waals surface area contributed by atoms with E-state index in [2.05, 4.69) is 10.1 Å². The van der Waals surface area contributed by atoms with Crippen LogP contribution in [0.25, 0.3) is 10.9 Å². The van der Waals surface area contributed by atoms with Crippen molar-refractivity contribution in [2.24, 2.45) is 0 Å². The van der Waals surface area contributed by atoms with Crippen molar-refractivity contribution in [1.29, 1.82) is 0 Å². The van der Waals surface area contributed by atoms with Gasteiger partial charge in [0.1, 0.15) is 6.04 Å². The van der Waals surface area contributed by atoms with E-state index < -0.39 is 19.5 Å². The molecule has 1 heterocycles. The molecule has 0 bridgehead atoms. The van der Waals surface area contributed by atoms with Gasteiger partial charge in [0.2, 0.25) is 0 Å². The summed E-state index contributed by atoms with van der Waals surface area (Å²) < 4.78 is 12.5. The average Bonchev–Trinajstić information content (AvgIpc) is 3.02. The summed E-state index contributed by atoms with van der Waals surface area (Å²) in [5.74, 6) is -1.19. The fourth-order valence-corrected chi connectivity index (χ4v) is 4.06. The van der Waals surface area contributed by atoms with Crippen LogP contribution >= 0.6 is 7.52 Å². The van der Waals surface area contributed by atoms with E-state index >= 15 is 0 Å².